The van der Waals surface area contributed by atoms with Crippen molar-refractivity contribution >= 4 is 22.4 Å². The van der Waals surface area contributed by atoms with E-state index in [0.29, 0.717) is 17.4 Å². The summed E-state index contributed by atoms with van der Waals surface area (Å²) in [4.78, 5) is 22.1. The lowest BCUT2D eigenvalue weighted by Crippen LogP contribution is -2.03. The number of hydrogen-bond donors (Lipinski definition) is 2. The smallest absolute Gasteiger partial charge is 0.357 e. The summed E-state index contributed by atoms with van der Waals surface area (Å²) < 4.78 is 4.56. The Bertz CT molecular complexity index is 466. The van der Waals surface area contributed by atoms with Crippen LogP contribution in [0.1, 0.15) is 16.2 Å². The molecule has 0 radical (unpaired) electrons. The van der Waals surface area contributed by atoms with E-state index in [2.05, 4.69) is 25.0 Å². The average Bonchev–Trinajstić information content (AvgIpc) is 2.96. The van der Waals surface area contributed by atoms with E-state index in [1.165, 1.54) is 18.4 Å². The van der Waals surface area contributed by atoms with E-state index in [-0.39, 0.29) is 0 Å². The van der Waals surface area contributed by atoms with Crippen molar-refractivity contribution in [3.63, 3.8) is 0 Å². The summed E-state index contributed by atoms with van der Waals surface area (Å²) in [6.45, 7) is 0.591. The van der Waals surface area contributed by atoms with Crippen molar-refractivity contribution in [3.8, 4) is 0 Å². The monoisotopic (exact) mass is 238 g/mol. The number of hydrogen-bond acceptors (Lipinski definition) is 6. The number of carbonyl (C=O) groups excluding carboxylic acids is 1. The fourth-order valence-electron chi connectivity index (χ4n) is 1.11. The first-order chi connectivity index (χ1) is 7.79. The number of methoxy groups -OCH3 is 1. The largest absolute Gasteiger partial charge is 0.464 e. The molecule has 2 aromatic rings. The number of rotatable bonds is 4. The molecule has 0 aliphatic heterocycles. The van der Waals surface area contributed by atoms with Crippen LogP contribution in [0.15, 0.2) is 17.9 Å². The van der Waals surface area contributed by atoms with Gasteiger partial charge in [-0.15, -0.1) is 11.3 Å². The van der Waals surface area contributed by atoms with Crippen molar-refractivity contribution < 1.29 is 9.53 Å². The normalized spacial score (nSPS) is 10.1. The zero-order valence-electron chi connectivity index (χ0n) is 8.56. The molecule has 6 nitrogen and oxygen atoms in total. The molecule has 0 aliphatic rings. The van der Waals surface area contributed by atoms with Crippen molar-refractivity contribution in [2.24, 2.45) is 0 Å². The molecule has 2 N–H and O–H groups in total. The quantitative estimate of drug-likeness (QED) is 0.784. The maximum atomic E-state index is 11.1. The van der Waals surface area contributed by atoms with Crippen molar-refractivity contribution in [2.75, 3.05) is 12.4 Å². The van der Waals surface area contributed by atoms with Crippen molar-refractivity contribution in [3.05, 3.63) is 29.3 Å². The molecule has 84 valence electrons. The molecule has 0 saturated carbocycles. The lowest BCUT2D eigenvalue weighted by molar-refractivity contribution is 0.0595. The second-order valence-electron chi connectivity index (χ2n) is 2.96. The number of carbonyl (C=O) groups is 1. The van der Waals surface area contributed by atoms with Gasteiger partial charge in [-0.2, -0.15) is 0 Å². The summed E-state index contributed by atoms with van der Waals surface area (Å²) in [6.07, 6.45) is 3.33. The summed E-state index contributed by atoms with van der Waals surface area (Å²) in [5.41, 5.74) is 1.27. The minimum absolute atomic E-state index is 0.319. The van der Waals surface area contributed by atoms with Crippen LogP contribution in [-0.2, 0) is 11.3 Å². The molecule has 2 heterocycles. The van der Waals surface area contributed by atoms with Crippen LogP contribution >= 0.6 is 11.3 Å². The van der Waals surface area contributed by atoms with E-state index in [0.717, 1.165) is 5.69 Å². The molecule has 0 unspecified atom stereocenters. The Morgan fingerprint density at radius 1 is 1.69 bits per heavy atom. The number of anilines is 1. The van der Waals surface area contributed by atoms with Gasteiger partial charge in [0, 0.05) is 11.6 Å². The molecule has 0 aromatic carbocycles. The number of thiazole rings is 1. The molecule has 7 heteroatoms. The third-order valence-electron chi connectivity index (χ3n) is 1.88. The Labute approximate surface area is 95.7 Å². The maximum absolute atomic E-state index is 11.1. The topological polar surface area (TPSA) is 79.9 Å². The highest BCUT2D eigenvalue weighted by atomic mass is 32.1. The van der Waals surface area contributed by atoms with Crippen LogP contribution in [0.4, 0.5) is 5.13 Å². The van der Waals surface area contributed by atoms with E-state index < -0.39 is 5.97 Å². The number of nitrogens with one attached hydrogen (secondary N) is 2. The Hall–Kier alpha value is -1.89. The fraction of sp³-hybridized carbons (Fsp3) is 0.222. The van der Waals surface area contributed by atoms with Crippen molar-refractivity contribution in [1.29, 1.82) is 0 Å². The van der Waals surface area contributed by atoms with Crippen molar-refractivity contribution in [1.82, 2.24) is 15.0 Å². The van der Waals surface area contributed by atoms with E-state index in [1.54, 1.807) is 17.9 Å². The summed E-state index contributed by atoms with van der Waals surface area (Å²) >= 11 is 1.36. The first-order valence-electron chi connectivity index (χ1n) is 4.54. The molecule has 0 amide bonds. The van der Waals surface area contributed by atoms with Gasteiger partial charge >= 0.3 is 5.97 Å². The minimum Gasteiger partial charge on any atom is -0.464 e. The summed E-state index contributed by atoms with van der Waals surface area (Å²) in [5.74, 6) is -0.425. The SMILES string of the molecule is COC(=O)c1csc(NCc2cnc[nH]2)n1. The second-order valence-corrected chi connectivity index (χ2v) is 3.82. The molecule has 2 aromatic heterocycles. The van der Waals surface area contributed by atoms with Crippen LogP contribution in [0.25, 0.3) is 0 Å². The van der Waals surface area contributed by atoms with Gasteiger partial charge < -0.3 is 15.0 Å². The van der Waals surface area contributed by atoms with Gasteiger partial charge in [0.15, 0.2) is 10.8 Å². The second kappa shape index (κ2) is 4.75. The number of imidazole rings is 1. The predicted molar refractivity (Wildman–Crippen MR) is 59.4 cm³/mol. The van der Waals surface area contributed by atoms with Crippen LogP contribution in [0.5, 0.6) is 0 Å². The molecule has 0 aliphatic carbocycles. The van der Waals surface area contributed by atoms with E-state index >= 15 is 0 Å². The van der Waals surface area contributed by atoms with Crippen LogP contribution < -0.4 is 5.32 Å². The number of ether oxygens (including phenoxy) is 1. The third-order valence-corrected chi connectivity index (χ3v) is 2.68. The van der Waals surface area contributed by atoms with Crippen LogP contribution in [0, 0.1) is 0 Å². The van der Waals surface area contributed by atoms with Crippen LogP contribution in [0.3, 0.4) is 0 Å². The Morgan fingerprint density at radius 3 is 3.25 bits per heavy atom. The molecular formula is C9H10N4O2S. The minimum atomic E-state index is -0.425. The molecule has 0 saturated heterocycles. The van der Waals surface area contributed by atoms with Gasteiger partial charge in [-0.3, -0.25) is 0 Å². The molecular weight excluding hydrogens is 228 g/mol. The summed E-state index contributed by atoms with van der Waals surface area (Å²) in [7, 11) is 1.33. The van der Waals surface area contributed by atoms with Gasteiger partial charge in [0.25, 0.3) is 0 Å². The third kappa shape index (κ3) is 2.37. The first kappa shape index (κ1) is 10.6. The van der Waals surface area contributed by atoms with Crippen LogP contribution in [-0.4, -0.2) is 28.0 Å². The molecule has 0 atom stereocenters. The predicted octanol–water partition coefficient (Wildman–Crippen LogP) is 1.26. The number of aromatic amines is 1. The highest BCUT2D eigenvalue weighted by Gasteiger charge is 2.10. The van der Waals surface area contributed by atoms with Gasteiger partial charge in [0.1, 0.15) is 0 Å². The molecule has 0 fully saturated rings. The fourth-order valence-corrected chi connectivity index (χ4v) is 1.78. The Kier molecular flexibility index (Phi) is 3.16. The molecule has 2 rings (SSSR count). The van der Waals surface area contributed by atoms with Gasteiger partial charge in [0.05, 0.1) is 25.7 Å². The molecule has 0 bridgehead atoms. The highest BCUT2D eigenvalue weighted by molar-refractivity contribution is 7.13. The lowest BCUT2D eigenvalue weighted by Gasteiger charge is -1.98. The number of nitrogens with zero attached hydrogens (tertiary/aromatic N) is 2. The zero-order valence-corrected chi connectivity index (χ0v) is 9.37. The summed E-state index contributed by atoms with van der Waals surface area (Å²) in [5, 5.41) is 5.40. The standard InChI is InChI=1S/C9H10N4O2S/c1-15-8(14)7-4-16-9(13-7)11-3-6-2-10-5-12-6/h2,4-5H,3H2,1H3,(H,10,12)(H,11,13). The number of H-pyrrole nitrogens is 1. The zero-order chi connectivity index (χ0) is 11.4. The first-order valence-corrected chi connectivity index (χ1v) is 5.42. The maximum Gasteiger partial charge on any atom is 0.357 e. The Morgan fingerprint density at radius 2 is 2.56 bits per heavy atom. The van der Waals surface area contributed by atoms with E-state index in [4.69, 9.17) is 0 Å². The number of esters is 1. The molecule has 16 heavy (non-hydrogen) atoms. The van der Waals surface area contributed by atoms with E-state index in [9.17, 15) is 4.79 Å². The van der Waals surface area contributed by atoms with Crippen molar-refractivity contribution in [2.45, 2.75) is 6.54 Å². The summed E-state index contributed by atoms with van der Waals surface area (Å²) in [6, 6.07) is 0. The van der Waals surface area contributed by atoms with Gasteiger partial charge in [-0.25, -0.2) is 14.8 Å². The van der Waals surface area contributed by atoms with Crippen LogP contribution in [0.2, 0.25) is 0 Å². The van der Waals surface area contributed by atoms with Gasteiger partial charge in [-0.1, -0.05) is 0 Å². The number of aromatic nitrogens is 3. The lowest BCUT2D eigenvalue weighted by atomic mass is 10.5. The van der Waals surface area contributed by atoms with Gasteiger partial charge in [0.2, 0.25) is 0 Å². The highest BCUT2D eigenvalue weighted by Crippen LogP contribution is 2.16. The molecule has 0 spiro atoms. The van der Waals surface area contributed by atoms with Gasteiger partial charge in [-0.05, 0) is 0 Å². The average molecular weight is 238 g/mol. The van der Waals surface area contributed by atoms with E-state index in [1.807, 2.05) is 0 Å². The Balaban J connectivity index is 1.95.